The molecule has 0 unspecified atom stereocenters. The highest BCUT2D eigenvalue weighted by Gasteiger charge is 2.07. The summed E-state index contributed by atoms with van der Waals surface area (Å²) in [4.78, 5) is 20.6. The van der Waals surface area contributed by atoms with E-state index >= 15 is 0 Å². The van der Waals surface area contributed by atoms with Gasteiger partial charge in [-0.3, -0.25) is 4.79 Å². The molecule has 0 heterocycles. The molecule has 1 amide bonds. The van der Waals surface area contributed by atoms with E-state index in [1.807, 2.05) is 24.3 Å². The third-order valence-corrected chi connectivity index (χ3v) is 4.08. The molecule has 0 radical (unpaired) electrons. The number of likely N-dealkylation sites (N-methyl/N-ethyl adjacent to an activating group) is 1. The van der Waals surface area contributed by atoms with Crippen molar-refractivity contribution in [3.05, 3.63) is 35.4 Å². The summed E-state index contributed by atoms with van der Waals surface area (Å²) in [6.07, 6.45) is 1.17. The molecule has 0 aliphatic rings. The SMILES string of the molecule is CCCN(CC)CCNC(=NCc1ccc(C(=O)N(C)C)cc1)NCC. The zero-order valence-corrected chi connectivity index (χ0v) is 17.0. The van der Waals surface area contributed by atoms with Gasteiger partial charge in [0.2, 0.25) is 0 Å². The average Bonchev–Trinajstić information content (AvgIpc) is 2.65. The lowest BCUT2D eigenvalue weighted by Gasteiger charge is -2.20. The molecule has 26 heavy (non-hydrogen) atoms. The molecule has 2 N–H and O–H groups in total. The summed E-state index contributed by atoms with van der Waals surface area (Å²) in [6, 6.07) is 7.64. The van der Waals surface area contributed by atoms with Gasteiger partial charge in [0.25, 0.3) is 5.91 Å². The van der Waals surface area contributed by atoms with Gasteiger partial charge in [0.15, 0.2) is 5.96 Å². The third kappa shape index (κ3) is 7.87. The number of rotatable bonds is 10. The van der Waals surface area contributed by atoms with Crippen LogP contribution in [-0.4, -0.2) is 68.5 Å². The van der Waals surface area contributed by atoms with Crippen molar-refractivity contribution in [1.29, 1.82) is 0 Å². The van der Waals surface area contributed by atoms with Crippen LogP contribution >= 0.6 is 0 Å². The van der Waals surface area contributed by atoms with Gasteiger partial charge < -0.3 is 20.4 Å². The molecule has 0 saturated carbocycles. The number of nitrogens with zero attached hydrogens (tertiary/aromatic N) is 3. The van der Waals surface area contributed by atoms with Crippen molar-refractivity contribution in [2.24, 2.45) is 4.99 Å². The number of amides is 1. The zero-order chi connectivity index (χ0) is 19.4. The number of nitrogens with one attached hydrogen (secondary N) is 2. The van der Waals surface area contributed by atoms with E-state index in [0.717, 1.165) is 44.2 Å². The van der Waals surface area contributed by atoms with Crippen LogP contribution in [0, 0.1) is 0 Å². The van der Waals surface area contributed by atoms with Gasteiger partial charge in [-0.05, 0) is 44.1 Å². The van der Waals surface area contributed by atoms with Crippen LogP contribution in [0.2, 0.25) is 0 Å². The number of hydrogen-bond acceptors (Lipinski definition) is 3. The van der Waals surface area contributed by atoms with Crippen LogP contribution in [0.25, 0.3) is 0 Å². The highest BCUT2D eigenvalue weighted by molar-refractivity contribution is 5.93. The minimum absolute atomic E-state index is 0.0163. The monoisotopic (exact) mass is 361 g/mol. The summed E-state index contributed by atoms with van der Waals surface area (Å²) in [7, 11) is 3.52. The summed E-state index contributed by atoms with van der Waals surface area (Å²) >= 11 is 0. The summed E-state index contributed by atoms with van der Waals surface area (Å²) in [6.45, 7) is 12.0. The standard InChI is InChI=1S/C20H35N5O/c1-6-14-25(8-3)15-13-22-20(21-7-2)23-16-17-9-11-18(12-10-17)19(26)24(4)5/h9-12H,6-8,13-16H2,1-5H3,(H2,21,22,23). The summed E-state index contributed by atoms with van der Waals surface area (Å²) < 4.78 is 0. The molecular weight excluding hydrogens is 326 g/mol. The van der Waals surface area contributed by atoms with Crippen molar-refractivity contribution in [2.45, 2.75) is 33.7 Å². The minimum atomic E-state index is 0.0163. The Balaban J connectivity index is 2.58. The highest BCUT2D eigenvalue weighted by Crippen LogP contribution is 2.07. The minimum Gasteiger partial charge on any atom is -0.357 e. The molecule has 0 aliphatic carbocycles. The van der Waals surface area contributed by atoms with Crippen molar-refractivity contribution in [3.8, 4) is 0 Å². The van der Waals surface area contributed by atoms with E-state index < -0.39 is 0 Å². The maximum atomic E-state index is 11.9. The first-order valence-electron chi connectivity index (χ1n) is 9.56. The van der Waals surface area contributed by atoms with Crippen molar-refractivity contribution >= 4 is 11.9 Å². The molecule has 6 heteroatoms. The van der Waals surface area contributed by atoms with Crippen LogP contribution in [0.15, 0.2) is 29.3 Å². The van der Waals surface area contributed by atoms with Gasteiger partial charge in [-0.1, -0.05) is 26.0 Å². The molecule has 0 spiro atoms. The van der Waals surface area contributed by atoms with Crippen LogP contribution in [0.1, 0.15) is 43.1 Å². The number of benzene rings is 1. The van der Waals surface area contributed by atoms with Gasteiger partial charge in [0.05, 0.1) is 6.54 Å². The summed E-state index contributed by atoms with van der Waals surface area (Å²) in [5.41, 5.74) is 1.78. The van der Waals surface area contributed by atoms with E-state index in [9.17, 15) is 4.79 Å². The van der Waals surface area contributed by atoms with E-state index in [-0.39, 0.29) is 5.91 Å². The smallest absolute Gasteiger partial charge is 0.253 e. The maximum absolute atomic E-state index is 11.9. The fourth-order valence-electron chi connectivity index (χ4n) is 2.60. The summed E-state index contributed by atoms with van der Waals surface area (Å²) in [5.74, 6) is 0.844. The Kier molecular flexibility index (Phi) is 10.4. The molecule has 1 aromatic carbocycles. The van der Waals surface area contributed by atoms with Gasteiger partial charge in [-0.25, -0.2) is 4.99 Å². The quantitative estimate of drug-likeness (QED) is 0.495. The van der Waals surface area contributed by atoms with Gasteiger partial charge in [-0.15, -0.1) is 0 Å². The second-order valence-electron chi connectivity index (χ2n) is 6.45. The van der Waals surface area contributed by atoms with Gasteiger partial charge in [-0.2, -0.15) is 0 Å². The lowest BCUT2D eigenvalue weighted by molar-refractivity contribution is 0.0827. The fraction of sp³-hybridized carbons (Fsp3) is 0.600. The first kappa shape index (κ1) is 22.0. The van der Waals surface area contributed by atoms with E-state index in [1.165, 1.54) is 6.42 Å². The zero-order valence-electron chi connectivity index (χ0n) is 17.0. The molecule has 0 fully saturated rings. The Labute approximate surface area is 158 Å². The second-order valence-corrected chi connectivity index (χ2v) is 6.45. The largest absolute Gasteiger partial charge is 0.357 e. The summed E-state index contributed by atoms with van der Waals surface area (Å²) in [5, 5.41) is 6.68. The van der Waals surface area contributed by atoms with Gasteiger partial charge in [0.1, 0.15) is 0 Å². The van der Waals surface area contributed by atoms with Gasteiger partial charge in [0, 0.05) is 39.3 Å². The first-order valence-corrected chi connectivity index (χ1v) is 9.56. The molecule has 0 saturated heterocycles. The van der Waals surface area contributed by atoms with Crippen LogP contribution < -0.4 is 10.6 Å². The molecule has 0 atom stereocenters. The predicted octanol–water partition coefficient (Wildman–Crippen LogP) is 2.18. The lowest BCUT2D eigenvalue weighted by atomic mass is 10.1. The Bertz CT molecular complexity index is 554. The number of aliphatic imine (C=N–C) groups is 1. The van der Waals surface area contributed by atoms with E-state index in [1.54, 1.807) is 19.0 Å². The molecule has 0 bridgehead atoms. The third-order valence-electron chi connectivity index (χ3n) is 4.08. The Morgan fingerprint density at radius 3 is 2.27 bits per heavy atom. The molecule has 0 aliphatic heterocycles. The normalized spacial score (nSPS) is 11.5. The van der Waals surface area contributed by atoms with Gasteiger partial charge >= 0.3 is 0 Å². The van der Waals surface area contributed by atoms with Crippen LogP contribution in [0.4, 0.5) is 0 Å². The molecule has 146 valence electrons. The highest BCUT2D eigenvalue weighted by atomic mass is 16.2. The Morgan fingerprint density at radius 2 is 1.73 bits per heavy atom. The number of carbonyl (C=O) groups excluding carboxylic acids is 1. The average molecular weight is 362 g/mol. The predicted molar refractivity (Wildman–Crippen MR) is 110 cm³/mol. The van der Waals surface area contributed by atoms with Crippen LogP contribution in [0.3, 0.4) is 0 Å². The topological polar surface area (TPSA) is 60.0 Å². The fourth-order valence-corrected chi connectivity index (χ4v) is 2.60. The number of carbonyl (C=O) groups is 1. The first-order chi connectivity index (χ1) is 12.5. The van der Waals surface area contributed by atoms with Crippen molar-refractivity contribution < 1.29 is 4.79 Å². The van der Waals surface area contributed by atoms with E-state index in [2.05, 4.69) is 41.3 Å². The molecule has 0 aromatic heterocycles. The Hall–Kier alpha value is -2.08. The van der Waals surface area contributed by atoms with E-state index in [4.69, 9.17) is 0 Å². The number of guanidine groups is 1. The second kappa shape index (κ2) is 12.3. The van der Waals surface area contributed by atoms with Crippen molar-refractivity contribution in [1.82, 2.24) is 20.4 Å². The lowest BCUT2D eigenvalue weighted by Crippen LogP contribution is -2.41. The van der Waals surface area contributed by atoms with Crippen LogP contribution in [0.5, 0.6) is 0 Å². The Morgan fingerprint density at radius 1 is 1.04 bits per heavy atom. The van der Waals surface area contributed by atoms with E-state index in [0.29, 0.717) is 12.1 Å². The maximum Gasteiger partial charge on any atom is 0.253 e. The van der Waals surface area contributed by atoms with Crippen molar-refractivity contribution in [3.63, 3.8) is 0 Å². The molecule has 1 aromatic rings. The number of hydrogen-bond donors (Lipinski definition) is 2. The van der Waals surface area contributed by atoms with Crippen molar-refractivity contribution in [2.75, 3.05) is 46.8 Å². The molecular formula is C20H35N5O. The molecule has 1 rings (SSSR count). The molecule has 6 nitrogen and oxygen atoms in total. The van der Waals surface area contributed by atoms with Crippen LogP contribution in [-0.2, 0) is 6.54 Å².